The Hall–Kier alpha value is -1.58. The first-order valence-electron chi connectivity index (χ1n) is 7.25. The third-order valence-corrected chi connectivity index (χ3v) is 4.24. The van der Waals surface area contributed by atoms with Gasteiger partial charge in [-0.1, -0.05) is 12.2 Å². The molecular formula is C15H21N3O. The van der Waals surface area contributed by atoms with Crippen molar-refractivity contribution in [3.05, 3.63) is 30.9 Å². The van der Waals surface area contributed by atoms with E-state index in [4.69, 9.17) is 0 Å². The van der Waals surface area contributed by atoms with Gasteiger partial charge in [0.2, 0.25) is 5.91 Å². The number of rotatable bonds is 3. The molecular weight excluding hydrogens is 238 g/mol. The number of piperidine rings is 1. The number of imidazole rings is 1. The van der Waals surface area contributed by atoms with Gasteiger partial charge in [-0.2, -0.15) is 0 Å². The minimum atomic E-state index is 0.321. The Morgan fingerprint density at radius 1 is 1.37 bits per heavy atom. The van der Waals surface area contributed by atoms with Crippen molar-refractivity contribution in [3.8, 4) is 0 Å². The molecule has 2 heterocycles. The number of hydrogen-bond donors (Lipinski definition) is 0. The van der Waals surface area contributed by atoms with Crippen molar-refractivity contribution < 1.29 is 4.79 Å². The first kappa shape index (κ1) is 12.5. The summed E-state index contributed by atoms with van der Waals surface area (Å²) in [4.78, 5) is 18.5. The molecule has 2 unspecified atom stereocenters. The average molecular weight is 259 g/mol. The van der Waals surface area contributed by atoms with Gasteiger partial charge in [0.25, 0.3) is 0 Å². The second-order valence-corrected chi connectivity index (χ2v) is 5.62. The zero-order valence-electron chi connectivity index (χ0n) is 11.2. The molecule has 0 radical (unpaired) electrons. The van der Waals surface area contributed by atoms with Crippen molar-refractivity contribution in [2.45, 2.75) is 38.1 Å². The van der Waals surface area contributed by atoms with E-state index >= 15 is 0 Å². The van der Waals surface area contributed by atoms with E-state index in [9.17, 15) is 4.79 Å². The third-order valence-electron chi connectivity index (χ3n) is 4.24. The van der Waals surface area contributed by atoms with Crippen molar-refractivity contribution in [1.82, 2.24) is 14.5 Å². The van der Waals surface area contributed by atoms with Gasteiger partial charge in [-0.3, -0.25) is 4.79 Å². The maximum atomic E-state index is 12.3. The van der Waals surface area contributed by atoms with Crippen LogP contribution in [0.2, 0.25) is 0 Å². The van der Waals surface area contributed by atoms with Gasteiger partial charge in [-0.25, -0.2) is 4.98 Å². The molecule has 1 aliphatic carbocycles. The van der Waals surface area contributed by atoms with Crippen LogP contribution in [0.4, 0.5) is 0 Å². The number of aromatic nitrogens is 2. The molecule has 1 amide bonds. The highest BCUT2D eigenvalue weighted by Crippen LogP contribution is 2.25. The molecule has 2 aliphatic rings. The van der Waals surface area contributed by atoms with Crippen LogP contribution >= 0.6 is 0 Å². The van der Waals surface area contributed by atoms with Crippen LogP contribution < -0.4 is 0 Å². The number of carbonyl (C=O) groups is 1. The van der Waals surface area contributed by atoms with E-state index in [-0.39, 0.29) is 0 Å². The maximum absolute atomic E-state index is 12.3. The Labute approximate surface area is 114 Å². The first-order valence-corrected chi connectivity index (χ1v) is 7.25. The summed E-state index contributed by atoms with van der Waals surface area (Å²) in [6.07, 6.45) is 15.3. The van der Waals surface area contributed by atoms with Gasteiger partial charge >= 0.3 is 0 Å². The van der Waals surface area contributed by atoms with E-state index in [0.29, 0.717) is 24.3 Å². The average Bonchev–Trinajstić information content (AvgIpc) is 3.12. The van der Waals surface area contributed by atoms with Crippen molar-refractivity contribution in [3.63, 3.8) is 0 Å². The largest absolute Gasteiger partial charge is 0.341 e. The molecule has 0 spiro atoms. The molecule has 1 aliphatic heterocycles. The molecule has 102 valence electrons. The van der Waals surface area contributed by atoms with Crippen LogP contribution in [0.25, 0.3) is 0 Å². The second-order valence-electron chi connectivity index (χ2n) is 5.62. The van der Waals surface area contributed by atoms with E-state index in [1.165, 1.54) is 0 Å². The zero-order valence-corrected chi connectivity index (χ0v) is 11.2. The lowest BCUT2D eigenvalue weighted by molar-refractivity contribution is -0.133. The van der Waals surface area contributed by atoms with E-state index in [0.717, 1.165) is 38.8 Å². The number of amides is 1. The van der Waals surface area contributed by atoms with E-state index in [1.807, 2.05) is 23.6 Å². The van der Waals surface area contributed by atoms with Crippen molar-refractivity contribution >= 4 is 5.91 Å². The van der Waals surface area contributed by atoms with Gasteiger partial charge in [0.05, 0.1) is 12.4 Å². The monoisotopic (exact) mass is 259 g/mol. The molecule has 4 heteroatoms. The Morgan fingerprint density at radius 3 is 3.05 bits per heavy atom. The predicted octanol–water partition coefficient (Wildman–Crippen LogP) is 2.40. The number of nitrogens with zero attached hydrogens (tertiary/aromatic N) is 3. The second kappa shape index (κ2) is 5.59. The minimum Gasteiger partial charge on any atom is -0.341 e. The number of likely N-dealkylation sites (tertiary alicyclic amines) is 1. The molecule has 0 saturated carbocycles. The fraction of sp³-hybridized carbons (Fsp3) is 0.600. The van der Waals surface area contributed by atoms with Crippen molar-refractivity contribution in [2.24, 2.45) is 5.92 Å². The summed E-state index contributed by atoms with van der Waals surface area (Å²) in [5.74, 6) is 0.794. The molecule has 1 aromatic rings. The molecule has 2 atom stereocenters. The van der Waals surface area contributed by atoms with Crippen molar-refractivity contribution in [2.75, 3.05) is 13.1 Å². The molecule has 19 heavy (non-hydrogen) atoms. The number of hydrogen-bond acceptors (Lipinski definition) is 2. The van der Waals surface area contributed by atoms with Crippen molar-refractivity contribution in [1.29, 1.82) is 0 Å². The van der Waals surface area contributed by atoms with Gasteiger partial charge in [0.1, 0.15) is 0 Å². The lowest BCUT2D eigenvalue weighted by Gasteiger charge is -2.33. The summed E-state index contributed by atoms with van der Waals surface area (Å²) in [5.41, 5.74) is 0. The number of carbonyl (C=O) groups excluding carboxylic acids is 1. The molecule has 0 N–H and O–H groups in total. The van der Waals surface area contributed by atoms with Gasteiger partial charge in [0.15, 0.2) is 0 Å². The Balaban J connectivity index is 1.58. The predicted molar refractivity (Wildman–Crippen MR) is 73.6 cm³/mol. The van der Waals surface area contributed by atoms with E-state index < -0.39 is 0 Å². The summed E-state index contributed by atoms with van der Waals surface area (Å²) in [6.45, 7) is 1.76. The fourth-order valence-corrected chi connectivity index (χ4v) is 3.13. The van der Waals surface area contributed by atoms with Gasteiger partial charge in [0, 0.05) is 31.9 Å². The Kier molecular flexibility index (Phi) is 3.67. The Bertz CT molecular complexity index is 452. The standard InChI is InChI=1S/C15H21N3O/c19-15(10-13-4-1-2-5-13)17-8-3-6-14(11-17)18-9-7-16-12-18/h1,4,7,9,12-14H,2-3,5-6,8,10-11H2. The third kappa shape index (κ3) is 2.88. The SMILES string of the molecule is O=C(CC1C=CCC1)N1CCCC(n2ccnc2)C1. The van der Waals surface area contributed by atoms with Crippen LogP contribution in [0.5, 0.6) is 0 Å². The summed E-state index contributed by atoms with van der Waals surface area (Å²) in [7, 11) is 0. The summed E-state index contributed by atoms with van der Waals surface area (Å²) < 4.78 is 2.13. The fourth-order valence-electron chi connectivity index (χ4n) is 3.13. The molecule has 1 fully saturated rings. The van der Waals surface area contributed by atoms with Crippen LogP contribution in [0.3, 0.4) is 0 Å². The number of allylic oxidation sites excluding steroid dienone is 2. The molecule has 4 nitrogen and oxygen atoms in total. The molecule has 3 rings (SSSR count). The quantitative estimate of drug-likeness (QED) is 0.782. The highest BCUT2D eigenvalue weighted by atomic mass is 16.2. The normalized spacial score (nSPS) is 26.8. The van der Waals surface area contributed by atoms with Crippen LogP contribution in [0.1, 0.15) is 38.1 Å². The molecule has 0 bridgehead atoms. The summed E-state index contributed by atoms with van der Waals surface area (Å²) in [6, 6.07) is 0.402. The molecule has 1 saturated heterocycles. The van der Waals surface area contributed by atoms with Crippen LogP contribution in [0.15, 0.2) is 30.9 Å². The smallest absolute Gasteiger partial charge is 0.223 e. The van der Waals surface area contributed by atoms with E-state index in [1.54, 1.807) is 0 Å². The van der Waals surface area contributed by atoms with Gasteiger partial charge in [-0.15, -0.1) is 0 Å². The molecule has 0 aromatic carbocycles. The zero-order chi connectivity index (χ0) is 13.1. The summed E-state index contributed by atoms with van der Waals surface area (Å²) >= 11 is 0. The van der Waals surface area contributed by atoms with Crippen LogP contribution in [-0.2, 0) is 4.79 Å². The highest BCUT2D eigenvalue weighted by Gasteiger charge is 2.26. The minimum absolute atomic E-state index is 0.321. The highest BCUT2D eigenvalue weighted by molar-refractivity contribution is 5.76. The van der Waals surface area contributed by atoms with Crippen LogP contribution in [-0.4, -0.2) is 33.4 Å². The van der Waals surface area contributed by atoms with Crippen LogP contribution in [0, 0.1) is 5.92 Å². The maximum Gasteiger partial charge on any atom is 0.223 e. The first-order chi connectivity index (χ1) is 9.33. The van der Waals surface area contributed by atoms with Gasteiger partial charge < -0.3 is 9.47 Å². The summed E-state index contributed by atoms with van der Waals surface area (Å²) in [5, 5.41) is 0. The Morgan fingerprint density at radius 2 is 2.32 bits per heavy atom. The van der Waals surface area contributed by atoms with E-state index in [2.05, 4.69) is 21.7 Å². The van der Waals surface area contributed by atoms with Gasteiger partial charge in [-0.05, 0) is 31.6 Å². The lowest BCUT2D eigenvalue weighted by Crippen LogP contribution is -2.41. The lowest BCUT2D eigenvalue weighted by atomic mass is 10.0. The topological polar surface area (TPSA) is 38.1 Å². The molecule has 1 aromatic heterocycles.